The van der Waals surface area contributed by atoms with Crippen LogP contribution in [0.4, 0.5) is 5.82 Å². The van der Waals surface area contributed by atoms with Crippen LogP contribution in [0.1, 0.15) is 24.2 Å². The highest BCUT2D eigenvalue weighted by molar-refractivity contribution is 7.99. The zero-order chi connectivity index (χ0) is 17.5. The lowest BCUT2D eigenvalue weighted by Gasteiger charge is -2.06. The lowest BCUT2D eigenvalue weighted by Crippen LogP contribution is -2.18. The average Bonchev–Trinajstić information content (AvgIpc) is 2.60. The first-order valence-corrected chi connectivity index (χ1v) is 8.43. The number of methoxy groups -OCH3 is 1. The molecule has 6 nitrogen and oxygen atoms in total. The summed E-state index contributed by atoms with van der Waals surface area (Å²) >= 11 is 1.30. The summed E-state index contributed by atoms with van der Waals surface area (Å²) in [5.41, 5.74) is 0.622. The van der Waals surface area contributed by atoms with Crippen molar-refractivity contribution in [2.45, 2.75) is 18.9 Å². The van der Waals surface area contributed by atoms with Crippen molar-refractivity contribution in [2.75, 3.05) is 18.2 Å². The molecule has 24 heavy (non-hydrogen) atoms. The Bertz CT molecular complexity index is 700. The van der Waals surface area contributed by atoms with Crippen molar-refractivity contribution in [2.24, 2.45) is 5.92 Å². The molecular formula is C17H19N3O3S. The summed E-state index contributed by atoms with van der Waals surface area (Å²) in [7, 11) is 1.58. The molecule has 0 aliphatic rings. The number of hydrogen-bond acceptors (Lipinski definition) is 6. The molecule has 0 aliphatic heterocycles. The summed E-state index contributed by atoms with van der Waals surface area (Å²) < 4.78 is 5.07. The monoisotopic (exact) mass is 345 g/mol. The lowest BCUT2D eigenvalue weighted by atomic mass is 10.1. The zero-order valence-corrected chi connectivity index (χ0v) is 14.6. The lowest BCUT2D eigenvalue weighted by molar-refractivity contribution is -0.118. The van der Waals surface area contributed by atoms with E-state index in [-0.39, 0.29) is 23.4 Å². The number of carbonyl (C=O) groups excluding carboxylic acids is 2. The maximum atomic E-state index is 12.1. The predicted octanol–water partition coefficient (Wildman–Crippen LogP) is 3.05. The minimum absolute atomic E-state index is 0.00152. The van der Waals surface area contributed by atoms with Crippen molar-refractivity contribution >= 4 is 29.3 Å². The molecule has 2 rings (SSSR count). The Balaban J connectivity index is 1.89. The van der Waals surface area contributed by atoms with E-state index in [0.29, 0.717) is 22.2 Å². The third kappa shape index (κ3) is 5.06. The first-order valence-electron chi connectivity index (χ1n) is 7.44. The summed E-state index contributed by atoms with van der Waals surface area (Å²) in [5, 5.41) is 11.2. The quantitative estimate of drug-likeness (QED) is 0.613. The number of rotatable bonds is 7. The number of Topliss-reactive ketones (excluding diaryl/α,β-unsaturated/α-hetero) is 1. The number of carbonyl (C=O) groups is 2. The highest BCUT2D eigenvalue weighted by atomic mass is 32.2. The molecule has 0 radical (unpaired) electrons. The van der Waals surface area contributed by atoms with Gasteiger partial charge in [0.05, 0.1) is 12.9 Å². The molecule has 126 valence electrons. The summed E-state index contributed by atoms with van der Waals surface area (Å²) in [6.07, 6.45) is 0. The van der Waals surface area contributed by atoms with Gasteiger partial charge in [0.15, 0.2) is 11.6 Å². The topological polar surface area (TPSA) is 81.2 Å². The third-order valence-corrected chi connectivity index (χ3v) is 4.10. The molecular weight excluding hydrogens is 326 g/mol. The van der Waals surface area contributed by atoms with Crippen LogP contribution in [0.3, 0.4) is 0 Å². The highest BCUT2D eigenvalue weighted by Gasteiger charge is 2.10. The van der Waals surface area contributed by atoms with Crippen molar-refractivity contribution < 1.29 is 14.3 Å². The van der Waals surface area contributed by atoms with Crippen LogP contribution in [0, 0.1) is 5.92 Å². The van der Waals surface area contributed by atoms with E-state index in [4.69, 9.17) is 4.74 Å². The summed E-state index contributed by atoms with van der Waals surface area (Å²) in [6, 6.07) is 10.4. The standard InChI is InChI=1S/C17H19N3O3S/c1-11(2)17(22)18-15-8-9-16(20-19-15)24-10-14(21)12-4-6-13(23-3)7-5-12/h4-9,11H,10H2,1-3H3,(H,18,19,22). The fourth-order valence-electron chi connectivity index (χ4n) is 1.73. The van der Waals surface area contributed by atoms with Gasteiger partial charge < -0.3 is 10.1 Å². The van der Waals surface area contributed by atoms with Gasteiger partial charge in [-0.15, -0.1) is 10.2 Å². The number of amides is 1. The van der Waals surface area contributed by atoms with Crippen LogP contribution in [-0.2, 0) is 4.79 Å². The normalized spacial score (nSPS) is 10.5. The molecule has 1 heterocycles. The molecule has 0 spiro atoms. The number of aromatic nitrogens is 2. The smallest absolute Gasteiger partial charge is 0.228 e. The second-order valence-electron chi connectivity index (χ2n) is 5.34. The van der Waals surface area contributed by atoms with E-state index in [0.717, 1.165) is 0 Å². The first-order chi connectivity index (χ1) is 11.5. The third-order valence-electron chi connectivity index (χ3n) is 3.18. The van der Waals surface area contributed by atoms with Gasteiger partial charge in [-0.1, -0.05) is 25.6 Å². The van der Waals surface area contributed by atoms with Crippen LogP contribution in [0.25, 0.3) is 0 Å². The van der Waals surface area contributed by atoms with Gasteiger partial charge in [0.25, 0.3) is 0 Å². The number of ketones is 1. The minimum atomic E-state index is -0.122. The van der Waals surface area contributed by atoms with Gasteiger partial charge in [0.1, 0.15) is 10.8 Å². The van der Waals surface area contributed by atoms with Gasteiger partial charge in [-0.2, -0.15) is 0 Å². The van der Waals surface area contributed by atoms with Crippen molar-refractivity contribution in [1.29, 1.82) is 0 Å². The zero-order valence-electron chi connectivity index (χ0n) is 13.8. The van der Waals surface area contributed by atoms with E-state index in [1.165, 1.54) is 11.8 Å². The molecule has 0 unspecified atom stereocenters. The Morgan fingerprint density at radius 1 is 1.12 bits per heavy atom. The fraction of sp³-hybridized carbons (Fsp3) is 0.294. The molecule has 0 saturated heterocycles. The van der Waals surface area contributed by atoms with Gasteiger partial charge in [-0.05, 0) is 36.4 Å². The van der Waals surface area contributed by atoms with Crippen LogP contribution in [0.5, 0.6) is 5.75 Å². The molecule has 2 aromatic rings. The summed E-state index contributed by atoms with van der Waals surface area (Å²) in [4.78, 5) is 23.7. The van der Waals surface area contributed by atoms with Crippen LogP contribution in [0.2, 0.25) is 0 Å². The van der Waals surface area contributed by atoms with E-state index in [9.17, 15) is 9.59 Å². The number of thioether (sulfide) groups is 1. The first kappa shape index (κ1) is 17.9. The second-order valence-corrected chi connectivity index (χ2v) is 6.34. The number of nitrogens with zero attached hydrogens (tertiary/aromatic N) is 2. The Labute approximate surface area is 145 Å². The maximum Gasteiger partial charge on any atom is 0.228 e. The van der Waals surface area contributed by atoms with E-state index < -0.39 is 0 Å². The number of hydrogen-bond donors (Lipinski definition) is 1. The molecule has 1 aromatic heterocycles. The predicted molar refractivity (Wildman–Crippen MR) is 93.5 cm³/mol. The molecule has 0 saturated carbocycles. The summed E-state index contributed by atoms with van der Waals surface area (Å²) in [6.45, 7) is 3.61. The van der Waals surface area contributed by atoms with Crippen LogP contribution < -0.4 is 10.1 Å². The Morgan fingerprint density at radius 2 is 1.83 bits per heavy atom. The van der Waals surface area contributed by atoms with E-state index in [1.807, 2.05) is 0 Å². The van der Waals surface area contributed by atoms with Gasteiger partial charge in [0.2, 0.25) is 5.91 Å². The number of benzene rings is 1. The highest BCUT2D eigenvalue weighted by Crippen LogP contribution is 2.19. The summed E-state index contributed by atoms with van der Waals surface area (Å²) in [5.74, 6) is 1.14. The Hall–Kier alpha value is -2.41. The van der Waals surface area contributed by atoms with E-state index >= 15 is 0 Å². The molecule has 1 aromatic carbocycles. The second kappa shape index (κ2) is 8.44. The molecule has 1 amide bonds. The van der Waals surface area contributed by atoms with Crippen LogP contribution >= 0.6 is 11.8 Å². The molecule has 1 N–H and O–H groups in total. The average molecular weight is 345 g/mol. The van der Waals surface area contributed by atoms with Crippen LogP contribution in [-0.4, -0.2) is 34.8 Å². The molecule has 0 aliphatic carbocycles. The number of ether oxygens (including phenoxy) is 1. The molecule has 0 fully saturated rings. The van der Waals surface area contributed by atoms with E-state index in [2.05, 4.69) is 15.5 Å². The Morgan fingerprint density at radius 3 is 2.38 bits per heavy atom. The maximum absolute atomic E-state index is 12.1. The van der Waals surface area contributed by atoms with Gasteiger partial charge in [0, 0.05) is 11.5 Å². The number of anilines is 1. The van der Waals surface area contributed by atoms with Crippen molar-refractivity contribution in [3.63, 3.8) is 0 Å². The largest absolute Gasteiger partial charge is 0.497 e. The van der Waals surface area contributed by atoms with E-state index in [1.54, 1.807) is 57.4 Å². The van der Waals surface area contributed by atoms with Gasteiger partial charge >= 0.3 is 0 Å². The molecule has 0 bridgehead atoms. The van der Waals surface area contributed by atoms with Crippen molar-refractivity contribution in [1.82, 2.24) is 10.2 Å². The molecule has 7 heteroatoms. The number of nitrogens with one attached hydrogen (secondary N) is 1. The fourth-order valence-corrected chi connectivity index (χ4v) is 2.44. The van der Waals surface area contributed by atoms with Crippen molar-refractivity contribution in [3.05, 3.63) is 42.0 Å². The molecule has 0 atom stereocenters. The SMILES string of the molecule is COc1ccc(C(=O)CSc2ccc(NC(=O)C(C)C)nn2)cc1. The van der Waals surface area contributed by atoms with Crippen LogP contribution in [0.15, 0.2) is 41.4 Å². The van der Waals surface area contributed by atoms with Crippen molar-refractivity contribution in [3.8, 4) is 5.75 Å². The Kier molecular flexibility index (Phi) is 6.31. The minimum Gasteiger partial charge on any atom is -0.497 e. The van der Waals surface area contributed by atoms with Gasteiger partial charge in [-0.3, -0.25) is 9.59 Å². The van der Waals surface area contributed by atoms with Gasteiger partial charge in [-0.25, -0.2) is 0 Å².